The number of rotatable bonds is 35. The van der Waals surface area contributed by atoms with Gasteiger partial charge in [0, 0.05) is 5.57 Å². The zero-order valence-electron chi connectivity index (χ0n) is 31.0. The molecule has 0 bridgehead atoms. The van der Waals surface area contributed by atoms with Gasteiger partial charge in [-0.1, -0.05) is 212 Å². The summed E-state index contributed by atoms with van der Waals surface area (Å²) in [6, 6.07) is 0. The third kappa shape index (κ3) is 37.5. The Bertz CT molecular complexity index is 580. The van der Waals surface area contributed by atoms with Gasteiger partial charge in [-0.3, -0.25) is 0 Å². The van der Waals surface area contributed by atoms with Crippen molar-refractivity contribution in [2.24, 2.45) is 0 Å². The molecule has 0 saturated heterocycles. The van der Waals surface area contributed by atoms with E-state index >= 15 is 0 Å². The van der Waals surface area contributed by atoms with Crippen molar-refractivity contribution in [3.63, 3.8) is 0 Å². The lowest BCUT2D eigenvalue weighted by Gasteiger charge is -2.24. The average Bonchev–Trinajstić information content (AvgIpc) is 2.97. The molecule has 0 aromatic carbocycles. The van der Waals surface area contributed by atoms with Crippen LogP contribution in [0.25, 0.3) is 0 Å². The molecule has 256 valence electrons. The summed E-state index contributed by atoms with van der Waals surface area (Å²) in [7, 11) is 6.97. The van der Waals surface area contributed by atoms with Gasteiger partial charge >= 0.3 is 0 Å². The Morgan fingerprint density at radius 1 is 0.372 bits per heavy atom. The summed E-state index contributed by atoms with van der Waals surface area (Å²) in [4.78, 5) is 0. The zero-order chi connectivity index (χ0) is 31.5. The highest BCUT2D eigenvalue weighted by atomic mass is 15.3. The van der Waals surface area contributed by atoms with Gasteiger partial charge in [0.05, 0.1) is 21.1 Å². The van der Waals surface area contributed by atoms with Crippen LogP contribution in [0.5, 0.6) is 0 Å². The molecule has 1 heteroatoms. The molecule has 0 aliphatic rings. The first-order chi connectivity index (χ1) is 21.0. The highest BCUT2D eigenvalue weighted by Crippen LogP contribution is 2.16. The standard InChI is InChI=1S/C42H84N/c1-6-8-10-12-14-16-18-20-22-24-26-28-30-32-34-36-38-40-42(41-43(3,4)5)39-37-35-33-31-29-27-25-23-21-19-17-15-13-11-9-7-2/h38-40H,6-37,41H2,1-5H3/q+1. The van der Waals surface area contributed by atoms with Crippen LogP contribution in [-0.2, 0) is 0 Å². The fraction of sp³-hybridized carbons (Fsp3) is 0.905. The highest BCUT2D eigenvalue weighted by molar-refractivity contribution is 5.19. The summed E-state index contributed by atoms with van der Waals surface area (Å²) in [6.45, 7) is 5.76. The maximum absolute atomic E-state index is 2.55. The second-order valence-corrected chi connectivity index (χ2v) is 15.1. The number of likely N-dealkylation sites (N-methyl/N-ethyl adjacent to an activating group) is 1. The Morgan fingerprint density at radius 2 is 0.651 bits per heavy atom. The van der Waals surface area contributed by atoms with Gasteiger partial charge in [-0.15, -0.1) is 0 Å². The molecule has 0 unspecified atom stereocenters. The fourth-order valence-corrected chi connectivity index (χ4v) is 6.40. The Hall–Kier alpha value is -0.560. The van der Waals surface area contributed by atoms with E-state index < -0.39 is 0 Å². The van der Waals surface area contributed by atoms with E-state index in [0.717, 1.165) is 11.0 Å². The van der Waals surface area contributed by atoms with Gasteiger partial charge in [-0.2, -0.15) is 0 Å². The van der Waals surface area contributed by atoms with Crippen LogP contribution in [0.4, 0.5) is 0 Å². The van der Waals surface area contributed by atoms with E-state index in [2.05, 4.69) is 53.2 Å². The van der Waals surface area contributed by atoms with E-state index in [1.54, 1.807) is 5.57 Å². The normalized spacial score (nSPS) is 12.6. The molecule has 0 spiro atoms. The molecule has 0 aliphatic heterocycles. The minimum absolute atomic E-state index is 1.02. The first-order valence-electron chi connectivity index (χ1n) is 20.2. The van der Waals surface area contributed by atoms with Crippen molar-refractivity contribution in [3.8, 4) is 0 Å². The fourth-order valence-electron chi connectivity index (χ4n) is 6.40. The number of quaternary nitrogens is 1. The zero-order valence-corrected chi connectivity index (χ0v) is 31.0. The summed E-state index contributed by atoms with van der Waals surface area (Å²) < 4.78 is 1.02. The van der Waals surface area contributed by atoms with Crippen molar-refractivity contribution in [1.82, 2.24) is 0 Å². The molecule has 0 N–H and O–H groups in total. The topological polar surface area (TPSA) is 0 Å². The lowest BCUT2D eigenvalue weighted by atomic mass is 10.0. The van der Waals surface area contributed by atoms with Crippen molar-refractivity contribution in [2.75, 3.05) is 27.7 Å². The van der Waals surface area contributed by atoms with Gasteiger partial charge in [0.2, 0.25) is 0 Å². The maximum Gasteiger partial charge on any atom is 0.103 e. The Kier molecular flexibility index (Phi) is 33.9. The summed E-state index contributed by atoms with van der Waals surface area (Å²) in [5.74, 6) is 0. The van der Waals surface area contributed by atoms with Crippen molar-refractivity contribution < 1.29 is 4.48 Å². The Labute approximate surface area is 274 Å². The molecular formula is C42H84N+. The van der Waals surface area contributed by atoms with E-state index in [4.69, 9.17) is 0 Å². The third-order valence-electron chi connectivity index (χ3n) is 9.18. The molecule has 0 atom stereocenters. The van der Waals surface area contributed by atoms with Crippen molar-refractivity contribution in [1.29, 1.82) is 0 Å². The first kappa shape index (κ1) is 42.4. The van der Waals surface area contributed by atoms with Crippen LogP contribution < -0.4 is 0 Å². The molecule has 0 aliphatic carbocycles. The van der Waals surface area contributed by atoms with Crippen LogP contribution >= 0.6 is 0 Å². The molecule has 0 fully saturated rings. The second kappa shape index (κ2) is 34.3. The van der Waals surface area contributed by atoms with E-state index in [-0.39, 0.29) is 0 Å². The van der Waals surface area contributed by atoms with Gasteiger partial charge in [-0.05, 0) is 25.7 Å². The summed E-state index contributed by atoms with van der Waals surface area (Å²) in [6.07, 6.45) is 53.4. The molecule has 1 nitrogen and oxygen atoms in total. The minimum atomic E-state index is 1.02. The van der Waals surface area contributed by atoms with Crippen molar-refractivity contribution >= 4 is 0 Å². The molecule has 0 amide bonds. The summed E-state index contributed by atoms with van der Waals surface area (Å²) >= 11 is 0. The van der Waals surface area contributed by atoms with Gasteiger partial charge in [0.15, 0.2) is 0 Å². The number of hydrogen-bond donors (Lipinski definition) is 0. The summed E-state index contributed by atoms with van der Waals surface area (Å²) in [5.41, 5.74) is 1.55. The number of nitrogens with zero attached hydrogens (tertiary/aromatic N) is 1. The lowest BCUT2D eigenvalue weighted by Crippen LogP contribution is -2.36. The Balaban J connectivity index is 3.72. The number of unbranched alkanes of at least 4 members (excludes halogenated alkanes) is 30. The van der Waals surface area contributed by atoms with Crippen LogP contribution in [0.3, 0.4) is 0 Å². The van der Waals surface area contributed by atoms with Gasteiger partial charge in [0.1, 0.15) is 6.54 Å². The van der Waals surface area contributed by atoms with E-state index in [1.807, 2.05) is 0 Å². The largest absolute Gasteiger partial charge is 0.327 e. The van der Waals surface area contributed by atoms with Crippen LogP contribution in [0, 0.1) is 0 Å². The maximum atomic E-state index is 2.55. The van der Waals surface area contributed by atoms with Gasteiger partial charge < -0.3 is 4.48 Å². The smallest absolute Gasteiger partial charge is 0.103 e. The lowest BCUT2D eigenvalue weighted by molar-refractivity contribution is -0.865. The monoisotopic (exact) mass is 603 g/mol. The van der Waals surface area contributed by atoms with Crippen LogP contribution in [0.15, 0.2) is 23.8 Å². The van der Waals surface area contributed by atoms with Gasteiger partial charge in [-0.25, -0.2) is 0 Å². The molecule has 0 aromatic heterocycles. The minimum Gasteiger partial charge on any atom is -0.327 e. The third-order valence-corrected chi connectivity index (χ3v) is 9.18. The molecule has 0 aromatic rings. The molecular weight excluding hydrogens is 518 g/mol. The van der Waals surface area contributed by atoms with Crippen molar-refractivity contribution in [2.45, 2.75) is 219 Å². The summed E-state index contributed by atoms with van der Waals surface area (Å²) in [5, 5.41) is 0. The highest BCUT2D eigenvalue weighted by Gasteiger charge is 2.08. The van der Waals surface area contributed by atoms with Crippen molar-refractivity contribution in [3.05, 3.63) is 23.8 Å². The average molecular weight is 603 g/mol. The predicted molar refractivity (Wildman–Crippen MR) is 199 cm³/mol. The van der Waals surface area contributed by atoms with E-state index in [0.29, 0.717) is 0 Å². The molecule has 43 heavy (non-hydrogen) atoms. The second-order valence-electron chi connectivity index (χ2n) is 15.1. The van der Waals surface area contributed by atoms with E-state index in [1.165, 1.54) is 205 Å². The quantitative estimate of drug-likeness (QED) is 0.0384. The SMILES string of the molecule is CCCCCCCCCCCCCCCCCC=CC(=CCCCCCCCCCCCCCCCCC)C[N+](C)(C)C. The molecule has 0 rings (SSSR count). The predicted octanol–water partition coefficient (Wildman–Crippen LogP) is 14.7. The van der Waals surface area contributed by atoms with Gasteiger partial charge in [0.25, 0.3) is 0 Å². The molecule has 0 heterocycles. The molecule has 0 radical (unpaired) electrons. The first-order valence-corrected chi connectivity index (χ1v) is 20.2. The van der Waals surface area contributed by atoms with E-state index in [9.17, 15) is 0 Å². The van der Waals surface area contributed by atoms with Crippen LogP contribution in [0.1, 0.15) is 219 Å². The number of allylic oxidation sites excluding steroid dienone is 2. The van der Waals surface area contributed by atoms with Crippen LogP contribution in [-0.4, -0.2) is 32.2 Å². The molecule has 0 saturated carbocycles. The Morgan fingerprint density at radius 3 is 0.953 bits per heavy atom. The number of hydrogen-bond acceptors (Lipinski definition) is 0. The van der Waals surface area contributed by atoms with Crippen LogP contribution in [0.2, 0.25) is 0 Å².